The van der Waals surface area contributed by atoms with E-state index in [1.807, 2.05) is 19.1 Å². The molecule has 3 amide bonds. The highest BCUT2D eigenvalue weighted by molar-refractivity contribution is 5.86. The number of rotatable bonds is 9. The number of urea groups is 1. The molecule has 0 radical (unpaired) electrons. The molecule has 1 unspecified atom stereocenters. The number of hydrogen-bond acceptors (Lipinski definition) is 4. The zero-order valence-corrected chi connectivity index (χ0v) is 17.2. The molecule has 2 heterocycles. The Balaban J connectivity index is 1.52. The van der Waals surface area contributed by atoms with Gasteiger partial charge in [-0.3, -0.25) is 4.79 Å². The third-order valence-electron chi connectivity index (χ3n) is 4.58. The first-order valence-corrected chi connectivity index (χ1v) is 10.1. The molecular weight excluding hydrogens is 399 g/mol. The summed E-state index contributed by atoms with van der Waals surface area (Å²) in [6.45, 7) is 2.48. The van der Waals surface area contributed by atoms with Gasteiger partial charge in [0.15, 0.2) is 5.82 Å². The first kappa shape index (κ1) is 21.9. The Bertz CT molecular complexity index is 992. The molecule has 3 rings (SSSR count). The van der Waals surface area contributed by atoms with Crippen LogP contribution in [0.4, 0.5) is 9.18 Å². The lowest BCUT2D eigenvalue weighted by molar-refractivity contribution is -0.123. The Labute approximate surface area is 179 Å². The Morgan fingerprint density at radius 2 is 1.84 bits per heavy atom. The lowest BCUT2D eigenvalue weighted by Gasteiger charge is -2.18. The van der Waals surface area contributed by atoms with Gasteiger partial charge >= 0.3 is 6.03 Å². The van der Waals surface area contributed by atoms with Crippen LogP contribution in [0.2, 0.25) is 0 Å². The van der Waals surface area contributed by atoms with Gasteiger partial charge in [-0.05, 0) is 47.9 Å². The Kier molecular flexibility index (Phi) is 7.69. The highest BCUT2D eigenvalue weighted by Crippen LogP contribution is 2.07. The van der Waals surface area contributed by atoms with E-state index >= 15 is 0 Å². The van der Waals surface area contributed by atoms with Crippen LogP contribution in [0.25, 0.3) is 5.82 Å². The van der Waals surface area contributed by atoms with Gasteiger partial charge in [0.25, 0.3) is 0 Å². The second-order valence-corrected chi connectivity index (χ2v) is 6.99. The predicted octanol–water partition coefficient (Wildman–Crippen LogP) is 2.69. The van der Waals surface area contributed by atoms with Crippen LogP contribution < -0.4 is 16.0 Å². The highest BCUT2D eigenvalue weighted by atomic mass is 19.1. The van der Waals surface area contributed by atoms with Crippen molar-refractivity contribution in [1.29, 1.82) is 0 Å². The zero-order chi connectivity index (χ0) is 22.1. The number of pyridine rings is 1. The number of carbonyl (C=O) groups is 2. The molecule has 1 atom stereocenters. The second kappa shape index (κ2) is 10.9. The van der Waals surface area contributed by atoms with Crippen molar-refractivity contribution in [3.8, 4) is 5.82 Å². The summed E-state index contributed by atoms with van der Waals surface area (Å²) in [5.74, 6) is 0.0511. The van der Waals surface area contributed by atoms with Crippen molar-refractivity contribution in [2.24, 2.45) is 0 Å². The van der Waals surface area contributed by atoms with E-state index in [1.165, 1.54) is 12.1 Å². The summed E-state index contributed by atoms with van der Waals surface area (Å²) in [6, 6.07) is 10.2. The van der Waals surface area contributed by atoms with Crippen molar-refractivity contribution in [2.45, 2.75) is 38.9 Å². The smallest absolute Gasteiger partial charge is 0.315 e. The molecular formula is C22H25FN6O2. The van der Waals surface area contributed by atoms with E-state index in [4.69, 9.17) is 0 Å². The molecule has 0 spiro atoms. The first-order chi connectivity index (χ1) is 15.0. The molecule has 9 heteroatoms. The number of nitrogens with zero attached hydrogens (tertiary/aromatic N) is 3. The van der Waals surface area contributed by atoms with Gasteiger partial charge in [-0.2, -0.15) is 5.10 Å². The minimum Gasteiger partial charge on any atom is -0.350 e. The molecule has 2 aromatic heterocycles. The van der Waals surface area contributed by atoms with Crippen molar-refractivity contribution >= 4 is 11.9 Å². The molecule has 3 aromatic rings. The second-order valence-electron chi connectivity index (χ2n) is 6.99. The molecule has 8 nitrogen and oxygen atoms in total. The van der Waals surface area contributed by atoms with Crippen LogP contribution in [0.1, 0.15) is 30.9 Å². The topological polar surface area (TPSA) is 101 Å². The quantitative estimate of drug-likeness (QED) is 0.492. The molecule has 0 saturated heterocycles. The summed E-state index contributed by atoms with van der Waals surface area (Å²) in [6.07, 6.45) is 6.34. The van der Waals surface area contributed by atoms with Gasteiger partial charge in [0.2, 0.25) is 5.91 Å². The van der Waals surface area contributed by atoms with Gasteiger partial charge in [0.05, 0.1) is 0 Å². The summed E-state index contributed by atoms with van der Waals surface area (Å²) in [5.41, 5.74) is 1.63. The van der Waals surface area contributed by atoms with E-state index in [0.29, 0.717) is 18.8 Å². The molecule has 31 heavy (non-hydrogen) atoms. The summed E-state index contributed by atoms with van der Waals surface area (Å²) < 4.78 is 14.6. The van der Waals surface area contributed by atoms with E-state index in [1.54, 1.807) is 41.5 Å². The number of carbonyl (C=O) groups excluding carboxylic acids is 2. The number of amides is 3. The van der Waals surface area contributed by atoms with Gasteiger partial charge in [0.1, 0.15) is 11.9 Å². The summed E-state index contributed by atoms with van der Waals surface area (Å²) in [7, 11) is 0. The zero-order valence-electron chi connectivity index (χ0n) is 17.2. The third kappa shape index (κ3) is 6.63. The minimum atomic E-state index is -0.661. The van der Waals surface area contributed by atoms with Gasteiger partial charge in [-0.1, -0.05) is 25.5 Å². The normalized spacial score (nSPS) is 11.5. The fraction of sp³-hybridized carbons (Fsp3) is 0.273. The van der Waals surface area contributed by atoms with Crippen LogP contribution in [0, 0.1) is 5.82 Å². The largest absolute Gasteiger partial charge is 0.350 e. The van der Waals surface area contributed by atoms with E-state index < -0.39 is 12.1 Å². The van der Waals surface area contributed by atoms with Crippen LogP contribution in [0.3, 0.4) is 0 Å². The molecule has 3 N–H and O–H groups in total. The molecule has 0 aliphatic carbocycles. The van der Waals surface area contributed by atoms with E-state index in [2.05, 4.69) is 26.0 Å². The fourth-order valence-electron chi connectivity index (χ4n) is 2.96. The predicted molar refractivity (Wildman–Crippen MR) is 114 cm³/mol. The molecule has 0 bridgehead atoms. The van der Waals surface area contributed by atoms with Crippen molar-refractivity contribution in [3.63, 3.8) is 0 Å². The molecule has 0 fully saturated rings. The maximum absolute atomic E-state index is 13.0. The van der Waals surface area contributed by atoms with Crippen LogP contribution in [0.15, 0.2) is 61.1 Å². The first-order valence-electron chi connectivity index (χ1n) is 10.1. The number of aromatic nitrogens is 3. The summed E-state index contributed by atoms with van der Waals surface area (Å²) in [5, 5.41) is 12.4. The molecule has 1 aromatic carbocycles. The fourth-order valence-corrected chi connectivity index (χ4v) is 2.96. The van der Waals surface area contributed by atoms with Crippen LogP contribution in [-0.4, -0.2) is 32.7 Å². The number of hydrogen-bond donors (Lipinski definition) is 3. The monoisotopic (exact) mass is 424 g/mol. The average molecular weight is 424 g/mol. The van der Waals surface area contributed by atoms with E-state index in [9.17, 15) is 14.0 Å². The molecule has 0 aliphatic heterocycles. The van der Waals surface area contributed by atoms with E-state index in [0.717, 1.165) is 17.5 Å². The Hall–Kier alpha value is -3.75. The number of halogens is 1. The van der Waals surface area contributed by atoms with Crippen LogP contribution in [-0.2, 0) is 17.9 Å². The highest BCUT2D eigenvalue weighted by Gasteiger charge is 2.19. The van der Waals surface area contributed by atoms with Crippen molar-refractivity contribution in [3.05, 3.63) is 78.0 Å². The lowest BCUT2D eigenvalue weighted by atomic mass is 10.1. The summed E-state index contributed by atoms with van der Waals surface area (Å²) in [4.78, 5) is 29.1. The van der Waals surface area contributed by atoms with Gasteiger partial charge < -0.3 is 16.0 Å². The van der Waals surface area contributed by atoms with Gasteiger partial charge in [0, 0.05) is 31.7 Å². The maximum Gasteiger partial charge on any atom is 0.315 e. The molecule has 162 valence electrons. The number of nitrogens with one attached hydrogen (secondary N) is 3. The van der Waals surface area contributed by atoms with Crippen molar-refractivity contribution in [1.82, 2.24) is 30.7 Å². The molecule has 0 aliphatic rings. The minimum absolute atomic E-state index is 0.236. The maximum atomic E-state index is 13.0. The van der Waals surface area contributed by atoms with Crippen LogP contribution >= 0.6 is 0 Å². The van der Waals surface area contributed by atoms with Crippen molar-refractivity contribution in [2.75, 3.05) is 0 Å². The third-order valence-corrected chi connectivity index (χ3v) is 4.58. The molecule has 0 saturated carbocycles. The van der Waals surface area contributed by atoms with Gasteiger partial charge in [-0.25, -0.2) is 18.9 Å². The standard InChI is InChI=1S/C22H25FN6O2/c1-2-4-19(28-22(31)26-14-16-5-7-18(23)8-6-16)21(30)25-15-17-9-11-24-20(13-17)29-12-3-10-27-29/h3,5-13,19H,2,4,14-15H2,1H3,(H,25,30)(H2,26,28,31). The average Bonchev–Trinajstić information content (AvgIpc) is 3.32. The lowest BCUT2D eigenvalue weighted by Crippen LogP contribution is -2.49. The Morgan fingerprint density at radius 3 is 2.55 bits per heavy atom. The number of benzene rings is 1. The van der Waals surface area contributed by atoms with Crippen LogP contribution in [0.5, 0.6) is 0 Å². The summed E-state index contributed by atoms with van der Waals surface area (Å²) >= 11 is 0. The van der Waals surface area contributed by atoms with Gasteiger partial charge in [-0.15, -0.1) is 0 Å². The Morgan fingerprint density at radius 1 is 1.06 bits per heavy atom. The SMILES string of the molecule is CCCC(NC(=O)NCc1ccc(F)cc1)C(=O)NCc1ccnc(-n2cccn2)c1. The van der Waals surface area contributed by atoms with Crippen molar-refractivity contribution < 1.29 is 14.0 Å². The van der Waals surface area contributed by atoms with E-state index in [-0.39, 0.29) is 18.3 Å².